The predicted octanol–water partition coefficient (Wildman–Crippen LogP) is 4.90. The molecule has 5 rings (SSSR count). The van der Waals surface area contributed by atoms with E-state index in [1.807, 2.05) is 57.3 Å². The van der Waals surface area contributed by atoms with Crippen LogP contribution in [0.25, 0.3) is 27.3 Å². The molecule has 0 unspecified atom stereocenters. The van der Waals surface area contributed by atoms with E-state index in [1.54, 1.807) is 23.7 Å². The van der Waals surface area contributed by atoms with Crippen molar-refractivity contribution in [1.29, 1.82) is 0 Å². The minimum Gasteiger partial charge on any atom is -0.352 e. The lowest BCUT2D eigenvalue weighted by atomic mass is 10.1. The zero-order valence-corrected chi connectivity index (χ0v) is 19.3. The van der Waals surface area contributed by atoms with Crippen LogP contribution in [0.5, 0.6) is 0 Å². The zero-order chi connectivity index (χ0) is 22.8. The lowest BCUT2D eigenvalue weighted by Gasteiger charge is -2.11. The van der Waals surface area contributed by atoms with E-state index in [9.17, 15) is 4.79 Å². The molecule has 0 saturated carbocycles. The van der Waals surface area contributed by atoms with Gasteiger partial charge in [0.05, 0.1) is 33.4 Å². The van der Waals surface area contributed by atoms with Crippen molar-refractivity contribution >= 4 is 28.3 Å². The fourth-order valence-corrected chi connectivity index (χ4v) is 4.47. The van der Waals surface area contributed by atoms with E-state index in [1.165, 1.54) is 0 Å². The van der Waals surface area contributed by atoms with Crippen molar-refractivity contribution in [3.8, 4) is 16.3 Å². The standard InChI is InChI=1S/C25H24N6OS/c1-17(2)31-24-21(16-28-31)20(15-22(29-24)23-5-3-14-33-23)25(32)26-12-10-18-6-8-19(9-7-18)30-13-4-11-27-30/h3-9,11,13-17H,10,12H2,1-2H3,(H,26,32). The Morgan fingerprint density at radius 1 is 1.12 bits per heavy atom. The summed E-state index contributed by atoms with van der Waals surface area (Å²) in [7, 11) is 0. The van der Waals surface area contributed by atoms with Gasteiger partial charge in [0.15, 0.2) is 5.65 Å². The quantitative estimate of drug-likeness (QED) is 0.378. The van der Waals surface area contributed by atoms with E-state index in [4.69, 9.17) is 4.98 Å². The number of thiophene rings is 1. The van der Waals surface area contributed by atoms with E-state index in [0.717, 1.165) is 39.3 Å². The first kappa shape index (κ1) is 21.1. The number of hydrogen-bond donors (Lipinski definition) is 1. The minimum absolute atomic E-state index is 0.114. The van der Waals surface area contributed by atoms with E-state index in [2.05, 4.69) is 41.5 Å². The van der Waals surface area contributed by atoms with Crippen LogP contribution in [0.4, 0.5) is 0 Å². The highest BCUT2D eigenvalue weighted by Crippen LogP contribution is 2.28. The molecule has 0 saturated heterocycles. The van der Waals surface area contributed by atoms with Crippen LogP contribution in [0, 0.1) is 0 Å². The molecule has 1 N–H and O–H groups in total. The van der Waals surface area contributed by atoms with Crippen molar-refractivity contribution in [2.45, 2.75) is 26.3 Å². The third kappa shape index (κ3) is 4.29. The van der Waals surface area contributed by atoms with Crippen molar-refractivity contribution in [1.82, 2.24) is 29.9 Å². The Morgan fingerprint density at radius 2 is 1.97 bits per heavy atom. The number of rotatable bonds is 7. The molecule has 8 heteroatoms. The van der Waals surface area contributed by atoms with Gasteiger partial charge in [-0.05, 0) is 61.5 Å². The molecule has 4 heterocycles. The second-order valence-electron chi connectivity index (χ2n) is 8.08. The Balaban J connectivity index is 1.34. The Kier molecular flexibility index (Phi) is 5.75. The Bertz CT molecular complexity index is 1370. The van der Waals surface area contributed by atoms with Crippen LogP contribution in [0.1, 0.15) is 35.8 Å². The molecule has 0 atom stereocenters. The molecule has 7 nitrogen and oxygen atoms in total. The topological polar surface area (TPSA) is 77.6 Å². The molecule has 1 amide bonds. The Labute approximate surface area is 195 Å². The summed E-state index contributed by atoms with van der Waals surface area (Å²) in [6.07, 6.45) is 6.15. The summed E-state index contributed by atoms with van der Waals surface area (Å²) in [5, 5.41) is 14.6. The van der Waals surface area contributed by atoms with Gasteiger partial charge < -0.3 is 5.32 Å². The van der Waals surface area contributed by atoms with E-state index >= 15 is 0 Å². The van der Waals surface area contributed by atoms with Crippen LogP contribution in [0.3, 0.4) is 0 Å². The minimum atomic E-state index is -0.114. The third-order valence-corrected chi connectivity index (χ3v) is 6.37. The highest BCUT2D eigenvalue weighted by atomic mass is 32.1. The lowest BCUT2D eigenvalue weighted by molar-refractivity contribution is 0.0955. The summed E-state index contributed by atoms with van der Waals surface area (Å²) < 4.78 is 3.69. The van der Waals surface area contributed by atoms with Gasteiger partial charge in [0, 0.05) is 25.0 Å². The largest absolute Gasteiger partial charge is 0.352 e. The van der Waals surface area contributed by atoms with Crippen molar-refractivity contribution in [3.05, 3.63) is 83.6 Å². The van der Waals surface area contributed by atoms with Crippen LogP contribution in [-0.2, 0) is 6.42 Å². The van der Waals surface area contributed by atoms with Crippen LogP contribution in [-0.4, -0.2) is 37.0 Å². The van der Waals surface area contributed by atoms with Gasteiger partial charge >= 0.3 is 0 Å². The maximum Gasteiger partial charge on any atom is 0.252 e. The second-order valence-corrected chi connectivity index (χ2v) is 9.02. The highest BCUT2D eigenvalue weighted by Gasteiger charge is 2.18. The van der Waals surface area contributed by atoms with Gasteiger partial charge in [0.25, 0.3) is 5.91 Å². The number of hydrogen-bond acceptors (Lipinski definition) is 5. The summed E-state index contributed by atoms with van der Waals surface area (Å²) >= 11 is 1.61. The maximum absolute atomic E-state index is 13.2. The molecular formula is C25H24N6OS. The average molecular weight is 457 g/mol. The number of pyridine rings is 1. The van der Waals surface area contributed by atoms with Crippen LogP contribution in [0.2, 0.25) is 0 Å². The summed E-state index contributed by atoms with van der Waals surface area (Å²) in [4.78, 5) is 19.0. The van der Waals surface area contributed by atoms with E-state index in [-0.39, 0.29) is 11.9 Å². The van der Waals surface area contributed by atoms with Gasteiger partial charge in [-0.15, -0.1) is 11.3 Å². The van der Waals surface area contributed by atoms with Crippen molar-refractivity contribution < 1.29 is 4.79 Å². The Morgan fingerprint density at radius 3 is 2.67 bits per heavy atom. The van der Waals surface area contributed by atoms with Gasteiger partial charge in [-0.1, -0.05) is 18.2 Å². The number of carbonyl (C=O) groups is 1. The normalized spacial score (nSPS) is 11.4. The highest BCUT2D eigenvalue weighted by molar-refractivity contribution is 7.13. The summed E-state index contributed by atoms with van der Waals surface area (Å²) in [6, 6.07) is 16.1. The third-order valence-electron chi connectivity index (χ3n) is 5.48. The number of aromatic nitrogens is 5. The molecule has 0 spiro atoms. The number of nitrogens with one attached hydrogen (secondary N) is 1. The number of nitrogens with zero attached hydrogens (tertiary/aromatic N) is 5. The lowest BCUT2D eigenvalue weighted by Crippen LogP contribution is -2.26. The van der Waals surface area contributed by atoms with E-state index in [0.29, 0.717) is 12.1 Å². The molecule has 4 aromatic heterocycles. The second kappa shape index (κ2) is 8.99. The van der Waals surface area contributed by atoms with Crippen LogP contribution in [0.15, 0.2) is 72.5 Å². The summed E-state index contributed by atoms with van der Waals surface area (Å²) in [5.41, 5.74) is 4.28. The molecule has 0 radical (unpaired) electrons. The maximum atomic E-state index is 13.2. The average Bonchev–Trinajstić information content (AvgIpc) is 3.60. The molecule has 33 heavy (non-hydrogen) atoms. The van der Waals surface area contributed by atoms with Gasteiger partial charge in [-0.2, -0.15) is 10.2 Å². The fourth-order valence-electron chi connectivity index (χ4n) is 3.79. The van der Waals surface area contributed by atoms with Crippen LogP contribution >= 0.6 is 11.3 Å². The first-order valence-electron chi connectivity index (χ1n) is 10.9. The van der Waals surface area contributed by atoms with Crippen molar-refractivity contribution in [2.75, 3.05) is 6.54 Å². The van der Waals surface area contributed by atoms with E-state index < -0.39 is 0 Å². The van der Waals surface area contributed by atoms with Gasteiger partial charge in [0.1, 0.15) is 0 Å². The fraction of sp³-hybridized carbons (Fsp3) is 0.200. The predicted molar refractivity (Wildman–Crippen MR) is 131 cm³/mol. The molecule has 166 valence electrons. The number of amides is 1. The SMILES string of the molecule is CC(C)n1ncc2c(C(=O)NCCc3ccc(-n4cccn4)cc3)cc(-c3cccs3)nc21. The van der Waals surface area contributed by atoms with Gasteiger partial charge in [-0.25, -0.2) is 14.3 Å². The molecule has 1 aromatic carbocycles. The van der Waals surface area contributed by atoms with Gasteiger partial charge in [0.2, 0.25) is 0 Å². The number of benzene rings is 1. The van der Waals surface area contributed by atoms with Gasteiger partial charge in [-0.3, -0.25) is 4.79 Å². The van der Waals surface area contributed by atoms with Crippen molar-refractivity contribution in [2.24, 2.45) is 0 Å². The molecule has 0 aliphatic heterocycles. The summed E-state index contributed by atoms with van der Waals surface area (Å²) in [5.74, 6) is -0.114. The number of fused-ring (bicyclic) bond motifs is 1. The number of carbonyl (C=O) groups excluding carboxylic acids is 1. The van der Waals surface area contributed by atoms with Crippen LogP contribution < -0.4 is 5.32 Å². The summed E-state index contributed by atoms with van der Waals surface area (Å²) in [6.45, 7) is 4.66. The molecule has 5 aromatic rings. The molecule has 0 bridgehead atoms. The molecule has 0 fully saturated rings. The molecular weight excluding hydrogens is 432 g/mol. The molecule has 0 aliphatic rings. The zero-order valence-electron chi connectivity index (χ0n) is 18.5. The first-order valence-corrected chi connectivity index (χ1v) is 11.8. The Hall–Kier alpha value is -3.78. The first-order chi connectivity index (χ1) is 16.1. The smallest absolute Gasteiger partial charge is 0.252 e. The molecule has 0 aliphatic carbocycles. The monoisotopic (exact) mass is 456 g/mol. The van der Waals surface area contributed by atoms with Crippen molar-refractivity contribution in [3.63, 3.8) is 0 Å².